The van der Waals surface area contributed by atoms with Gasteiger partial charge in [0.25, 0.3) is 0 Å². The first-order chi connectivity index (χ1) is 8.56. The molecule has 0 aliphatic carbocycles. The molecule has 0 spiro atoms. The fourth-order valence-electron chi connectivity index (χ4n) is 1.50. The van der Waals surface area contributed by atoms with Crippen LogP contribution in [0.15, 0.2) is 33.2 Å². The van der Waals surface area contributed by atoms with E-state index in [9.17, 15) is 4.21 Å². The summed E-state index contributed by atoms with van der Waals surface area (Å²) < 4.78 is 18.5. The first-order valence-electron chi connectivity index (χ1n) is 5.48. The molecular weight excluding hydrogens is 316 g/mol. The Morgan fingerprint density at radius 3 is 2.83 bits per heavy atom. The van der Waals surface area contributed by atoms with E-state index in [0.29, 0.717) is 17.5 Å². The normalized spacial score (nSPS) is 14.4. The highest BCUT2D eigenvalue weighted by Crippen LogP contribution is 2.21. The summed E-state index contributed by atoms with van der Waals surface area (Å²) in [6.45, 7) is 3.56. The molecule has 0 amide bonds. The zero-order chi connectivity index (χ0) is 13.1. The maximum Gasteiger partial charge on any atom is 0.231 e. The highest BCUT2D eigenvalue weighted by molar-refractivity contribution is 9.10. The summed E-state index contributed by atoms with van der Waals surface area (Å²) in [7, 11) is -1.08. The molecule has 1 aromatic carbocycles. The van der Waals surface area contributed by atoms with E-state index in [2.05, 4.69) is 26.1 Å². The number of halogens is 1. The topological polar surface area (TPSA) is 56.0 Å². The van der Waals surface area contributed by atoms with Gasteiger partial charge in [-0.05, 0) is 24.6 Å². The van der Waals surface area contributed by atoms with Gasteiger partial charge in [-0.3, -0.25) is 4.21 Å². The zero-order valence-corrected chi connectivity index (χ0v) is 12.5. The summed E-state index contributed by atoms with van der Waals surface area (Å²) in [5.41, 5.74) is 1.02. The van der Waals surface area contributed by atoms with Crippen LogP contribution in [0.2, 0.25) is 0 Å². The Labute approximate surface area is 116 Å². The molecule has 2 atom stereocenters. The minimum Gasteiger partial charge on any atom is -0.424 e. The molecule has 1 heterocycles. The van der Waals surface area contributed by atoms with E-state index in [1.165, 1.54) is 0 Å². The second kappa shape index (κ2) is 5.75. The van der Waals surface area contributed by atoms with Crippen molar-refractivity contribution in [2.45, 2.75) is 24.9 Å². The van der Waals surface area contributed by atoms with Crippen molar-refractivity contribution in [3.63, 3.8) is 0 Å². The number of benzene rings is 1. The summed E-state index contributed by atoms with van der Waals surface area (Å²) in [6.07, 6.45) is 0. The van der Waals surface area contributed by atoms with Gasteiger partial charge in [-0.25, -0.2) is 0 Å². The SMILES string of the molecule is Cc1nnc(C(C)S(=O)Cc2cccc(Br)c2)o1. The van der Waals surface area contributed by atoms with Gasteiger partial charge in [0.15, 0.2) is 0 Å². The van der Waals surface area contributed by atoms with Crippen molar-refractivity contribution in [1.82, 2.24) is 10.2 Å². The van der Waals surface area contributed by atoms with Gasteiger partial charge in [-0.1, -0.05) is 28.1 Å². The molecule has 2 unspecified atom stereocenters. The summed E-state index contributed by atoms with van der Waals surface area (Å²) in [5.74, 6) is 1.40. The third-order valence-electron chi connectivity index (χ3n) is 2.48. The smallest absolute Gasteiger partial charge is 0.231 e. The van der Waals surface area contributed by atoms with Crippen LogP contribution in [0.3, 0.4) is 0 Å². The Morgan fingerprint density at radius 2 is 2.22 bits per heavy atom. The van der Waals surface area contributed by atoms with Crippen LogP contribution in [0.1, 0.15) is 29.5 Å². The molecule has 0 fully saturated rings. The van der Waals surface area contributed by atoms with Crippen molar-refractivity contribution in [2.75, 3.05) is 0 Å². The van der Waals surface area contributed by atoms with Gasteiger partial charge in [0.1, 0.15) is 5.25 Å². The monoisotopic (exact) mass is 328 g/mol. The molecule has 0 aliphatic heterocycles. The summed E-state index contributed by atoms with van der Waals surface area (Å²) in [4.78, 5) is 0. The molecule has 0 N–H and O–H groups in total. The van der Waals surface area contributed by atoms with E-state index < -0.39 is 10.8 Å². The quantitative estimate of drug-likeness (QED) is 0.865. The second-order valence-corrected chi connectivity index (χ2v) is 6.63. The zero-order valence-electron chi connectivity index (χ0n) is 10.1. The van der Waals surface area contributed by atoms with E-state index in [1.54, 1.807) is 6.92 Å². The molecular formula is C12H13BrN2O2S. The van der Waals surface area contributed by atoms with Gasteiger partial charge in [0.2, 0.25) is 11.8 Å². The Balaban J connectivity index is 2.08. The van der Waals surface area contributed by atoms with E-state index in [0.717, 1.165) is 10.0 Å². The summed E-state index contributed by atoms with van der Waals surface area (Å²) >= 11 is 3.40. The molecule has 0 aliphatic rings. The number of aromatic nitrogens is 2. The fourth-order valence-corrected chi connectivity index (χ4v) is 3.03. The van der Waals surface area contributed by atoms with Crippen LogP contribution in [-0.2, 0) is 16.6 Å². The van der Waals surface area contributed by atoms with E-state index in [1.807, 2.05) is 31.2 Å². The molecule has 6 heteroatoms. The van der Waals surface area contributed by atoms with Crippen LogP contribution in [0.4, 0.5) is 0 Å². The van der Waals surface area contributed by atoms with Crippen LogP contribution in [0.5, 0.6) is 0 Å². The maximum atomic E-state index is 12.2. The van der Waals surface area contributed by atoms with Gasteiger partial charge in [0.05, 0.1) is 0 Å². The largest absolute Gasteiger partial charge is 0.424 e. The predicted molar refractivity (Wildman–Crippen MR) is 73.4 cm³/mol. The number of nitrogens with zero attached hydrogens (tertiary/aromatic N) is 2. The molecule has 4 nitrogen and oxygen atoms in total. The molecule has 0 radical (unpaired) electrons. The number of aryl methyl sites for hydroxylation is 1. The summed E-state index contributed by atoms with van der Waals surface area (Å²) in [6, 6.07) is 7.79. The lowest BCUT2D eigenvalue weighted by Crippen LogP contribution is -2.05. The second-order valence-electron chi connectivity index (χ2n) is 3.96. The van der Waals surface area contributed by atoms with Gasteiger partial charge in [0, 0.05) is 27.9 Å². The number of hydrogen-bond donors (Lipinski definition) is 0. The van der Waals surface area contributed by atoms with Crippen molar-refractivity contribution in [3.8, 4) is 0 Å². The standard InChI is InChI=1S/C12H13BrN2O2S/c1-8(12-15-14-9(2)17-12)18(16)7-10-4-3-5-11(13)6-10/h3-6,8H,7H2,1-2H3. The summed E-state index contributed by atoms with van der Waals surface area (Å²) in [5, 5.41) is 7.40. The highest BCUT2D eigenvalue weighted by atomic mass is 79.9. The van der Waals surface area contributed by atoms with E-state index in [4.69, 9.17) is 4.42 Å². The molecule has 96 valence electrons. The Hall–Kier alpha value is -1.01. The maximum absolute atomic E-state index is 12.2. The van der Waals surface area contributed by atoms with Gasteiger partial charge in [-0.15, -0.1) is 10.2 Å². The van der Waals surface area contributed by atoms with E-state index >= 15 is 0 Å². The number of hydrogen-bond acceptors (Lipinski definition) is 4. The lowest BCUT2D eigenvalue weighted by Gasteiger charge is -2.07. The lowest BCUT2D eigenvalue weighted by atomic mass is 10.2. The molecule has 0 bridgehead atoms. The van der Waals surface area contributed by atoms with Crippen LogP contribution < -0.4 is 0 Å². The average molecular weight is 329 g/mol. The van der Waals surface area contributed by atoms with Gasteiger partial charge >= 0.3 is 0 Å². The van der Waals surface area contributed by atoms with Crippen molar-refractivity contribution in [2.24, 2.45) is 0 Å². The van der Waals surface area contributed by atoms with Gasteiger partial charge < -0.3 is 4.42 Å². The van der Waals surface area contributed by atoms with Crippen molar-refractivity contribution in [3.05, 3.63) is 46.1 Å². The average Bonchev–Trinajstić information content (AvgIpc) is 2.75. The van der Waals surface area contributed by atoms with Crippen molar-refractivity contribution < 1.29 is 8.63 Å². The van der Waals surface area contributed by atoms with Crippen molar-refractivity contribution >= 4 is 26.7 Å². The Kier molecular flexibility index (Phi) is 4.29. The first-order valence-corrected chi connectivity index (χ1v) is 7.65. The minimum atomic E-state index is -1.08. The Morgan fingerprint density at radius 1 is 1.44 bits per heavy atom. The van der Waals surface area contributed by atoms with Gasteiger partial charge in [-0.2, -0.15) is 0 Å². The van der Waals surface area contributed by atoms with Crippen LogP contribution in [-0.4, -0.2) is 14.4 Å². The fraction of sp³-hybridized carbons (Fsp3) is 0.333. The highest BCUT2D eigenvalue weighted by Gasteiger charge is 2.19. The molecule has 1 aromatic heterocycles. The van der Waals surface area contributed by atoms with Crippen LogP contribution in [0, 0.1) is 6.92 Å². The van der Waals surface area contributed by atoms with Crippen LogP contribution in [0.25, 0.3) is 0 Å². The lowest BCUT2D eigenvalue weighted by molar-refractivity contribution is 0.467. The predicted octanol–water partition coefficient (Wildman–Crippen LogP) is 3.15. The third-order valence-corrected chi connectivity index (χ3v) is 4.58. The molecule has 2 aromatic rings. The Bertz CT molecular complexity index is 571. The molecule has 18 heavy (non-hydrogen) atoms. The molecule has 0 saturated heterocycles. The third kappa shape index (κ3) is 3.26. The number of rotatable bonds is 4. The first kappa shape index (κ1) is 13.4. The molecule has 0 saturated carbocycles. The van der Waals surface area contributed by atoms with Crippen molar-refractivity contribution in [1.29, 1.82) is 0 Å². The minimum absolute atomic E-state index is 0.259. The van der Waals surface area contributed by atoms with E-state index in [-0.39, 0.29) is 5.25 Å². The van der Waals surface area contributed by atoms with Crippen LogP contribution >= 0.6 is 15.9 Å². The molecule has 2 rings (SSSR count).